The Hall–Kier alpha value is -1.37. The van der Waals surface area contributed by atoms with Crippen molar-refractivity contribution >= 4 is 0 Å². The third-order valence-electron chi connectivity index (χ3n) is 3.14. The largest absolute Gasteiger partial charge is 0.271 e. The number of hydrazine groups is 1. The van der Waals surface area contributed by atoms with Crippen molar-refractivity contribution in [1.82, 2.24) is 5.43 Å². The Morgan fingerprint density at radius 1 is 1.35 bits per heavy atom. The minimum Gasteiger partial charge on any atom is -0.271 e. The zero-order chi connectivity index (χ0) is 12.9. The lowest BCUT2D eigenvalue weighted by molar-refractivity contribution is 0.349. The lowest BCUT2D eigenvalue weighted by Crippen LogP contribution is -2.48. The quantitative estimate of drug-likeness (QED) is 0.477. The van der Waals surface area contributed by atoms with Gasteiger partial charge < -0.3 is 0 Å². The molecule has 0 aromatic heterocycles. The Balaban J connectivity index is 2.97. The molecule has 1 unspecified atom stereocenters. The Kier molecular flexibility index (Phi) is 4.68. The van der Waals surface area contributed by atoms with Crippen LogP contribution in [-0.2, 0) is 5.41 Å². The highest BCUT2D eigenvalue weighted by atomic mass is 19.1. The second kappa shape index (κ2) is 5.81. The summed E-state index contributed by atoms with van der Waals surface area (Å²) in [5.41, 5.74) is 3.63. The summed E-state index contributed by atoms with van der Waals surface area (Å²) in [4.78, 5) is 0. The molecular weight excluding hydrogens is 215 g/mol. The minimum absolute atomic E-state index is 0.0282. The van der Waals surface area contributed by atoms with E-state index in [2.05, 4.69) is 31.1 Å². The lowest BCUT2D eigenvalue weighted by atomic mass is 9.77. The Labute approximate surface area is 102 Å². The van der Waals surface area contributed by atoms with Crippen LogP contribution in [0.4, 0.5) is 4.39 Å². The zero-order valence-corrected chi connectivity index (χ0v) is 10.5. The van der Waals surface area contributed by atoms with E-state index in [0.29, 0.717) is 6.42 Å². The molecule has 1 rings (SSSR count). The van der Waals surface area contributed by atoms with Gasteiger partial charge >= 0.3 is 0 Å². The Morgan fingerprint density at radius 2 is 1.94 bits per heavy atom. The molecule has 0 aliphatic rings. The van der Waals surface area contributed by atoms with Crippen LogP contribution < -0.4 is 11.3 Å². The maximum absolute atomic E-state index is 12.9. The van der Waals surface area contributed by atoms with Crippen LogP contribution >= 0.6 is 0 Å². The molecule has 0 amide bonds. The zero-order valence-electron chi connectivity index (χ0n) is 10.5. The lowest BCUT2D eigenvalue weighted by Gasteiger charge is -2.33. The number of nitrogens with one attached hydrogen (secondary N) is 1. The summed E-state index contributed by atoms with van der Waals surface area (Å²) in [6.07, 6.45) is 0.664. The summed E-state index contributed by atoms with van der Waals surface area (Å²) in [5.74, 6) is 11.2. The average molecular weight is 234 g/mol. The van der Waals surface area contributed by atoms with Crippen molar-refractivity contribution < 1.29 is 4.39 Å². The summed E-state index contributed by atoms with van der Waals surface area (Å²) in [7, 11) is 0. The molecule has 0 aliphatic heterocycles. The summed E-state index contributed by atoms with van der Waals surface area (Å²) in [5, 5.41) is 0. The predicted molar refractivity (Wildman–Crippen MR) is 68.6 cm³/mol. The van der Waals surface area contributed by atoms with Crippen LogP contribution in [0.2, 0.25) is 0 Å². The highest BCUT2D eigenvalue weighted by Gasteiger charge is 2.29. The van der Waals surface area contributed by atoms with Gasteiger partial charge in [0.15, 0.2) is 0 Å². The first-order valence-corrected chi connectivity index (χ1v) is 5.64. The minimum atomic E-state index is -0.227. The number of nitrogens with two attached hydrogens (primary N) is 1. The molecule has 0 heterocycles. The van der Waals surface area contributed by atoms with Gasteiger partial charge in [-0.25, -0.2) is 4.39 Å². The van der Waals surface area contributed by atoms with Gasteiger partial charge in [0.2, 0.25) is 0 Å². The molecule has 1 aromatic rings. The Morgan fingerprint density at radius 3 is 2.41 bits per heavy atom. The van der Waals surface area contributed by atoms with Crippen LogP contribution in [0.3, 0.4) is 0 Å². The molecule has 1 atom stereocenters. The molecule has 17 heavy (non-hydrogen) atoms. The molecule has 0 bridgehead atoms. The standard InChI is InChI=1S/C14H19FN2/c1-4-5-6-13(17-16)14(2,3)11-7-9-12(15)10-8-11/h7-10,13,17H,6,16H2,1-3H3. The van der Waals surface area contributed by atoms with E-state index in [4.69, 9.17) is 5.84 Å². The number of hydrogen-bond donors (Lipinski definition) is 2. The van der Waals surface area contributed by atoms with Crippen molar-refractivity contribution in [3.8, 4) is 11.8 Å². The molecule has 3 N–H and O–H groups in total. The summed E-state index contributed by atoms with van der Waals surface area (Å²) >= 11 is 0. The van der Waals surface area contributed by atoms with Crippen molar-refractivity contribution in [2.24, 2.45) is 5.84 Å². The average Bonchev–Trinajstić information content (AvgIpc) is 2.30. The first kappa shape index (κ1) is 13.7. The highest BCUT2D eigenvalue weighted by molar-refractivity contribution is 5.27. The topological polar surface area (TPSA) is 38.0 Å². The fourth-order valence-electron chi connectivity index (χ4n) is 1.81. The van der Waals surface area contributed by atoms with E-state index >= 15 is 0 Å². The number of hydrogen-bond acceptors (Lipinski definition) is 2. The van der Waals surface area contributed by atoms with Gasteiger partial charge in [-0.3, -0.25) is 11.3 Å². The number of benzene rings is 1. The summed E-state index contributed by atoms with van der Waals surface area (Å²) < 4.78 is 12.9. The maximum atomic E-state index is 12.9. The van der Waals surface area contributed by atoms with Gasteiger partial charge in [-0.15, -0.1) is 11.8 Å². The van der Waals surface area contributed by atoms with Gasteiger partial charge in [-0.2, -0.15) is 0 Å². The van der Waals surface area contributed by atoms with E-state index in [1.165, 1.54) is 12.1 Å². The predicted octanol–water partition coefficient (Wildman–Crippen LogP) is 2.35. The third-order valence-corrected chi connectivity index (χ3v) is 3.14. The van der Waals surface area contributed by atoms with Crippen LogP contribution in [0.1, 0.15) is 32.8 Å². The number of rotatable bonds is 4. The van der Waals surface area contributed by atoms with Crippen molar-refractivity contribution in [2.45, 2.75) is 38.6 Å². The molecule has 0 fully saturated rings. The van der Waals surface area contributed by atoms with E-state index in [1.807, 2.05) is 0 Å². The molecular formula is C14H19FN2. The fourth-order valence-corrected chi connectivity index (χ4v) is 1.81. The second-order valence-corrected chi connectivity index (χ2v) is 4.58. The normalized spacial score (nSPS) is 12.8. The molecule has 92 valence electrons. The van der Waals surface area contributed by atoms with Gasteiger partial charge in [-0.1, -0.05) is 26.0 Å². The maximum Gasteiger partial charge on any atom is 0.123 e. The SMILES string of the molecule is CC#CCC(NN)C(C)(C)c1ccc(F)cc1. The summed E-state index contributed by atoms with van der Waals surface area (Å²) in [6, 6.07) is 6.55. The van der Waals surface area contributed by atoms with E-state index < -0.39 is 0 Å². The van der Waals surface area contributed by atoms with E-state index in [-0.39, 0.29) is 17.3 Å². The molecule has 0 radical (unpaired) electrons. The fraction of sp³-hybridized carbons (Fsp3) is 0.429. The van der Waals surface area contributed by atoms with Gasteiger partial charge in [0.1, 0.15) is 5.82 Å². The van der Waals surface area contributed by atoms with Crippen molar-refractivity contribution in [1.29, 1.82) is 0 Å². The van der Waals surface area contributed by atoms with Crippen LogP contribution in [0.5, 0.6) is 0 Å². The van der Waals surface area contributed by atoms with Gasteiger partial charge in [0, 0.05) is 17.9 Å². The van der Waals surface area contributed by atoms with Crippen LogP contribution in [0.25, 0.3) is 0 Å². The van der Waals surface area contributed by atoms with Gasteiger partial charge in [-0.05, 0) is 24.6 Å². The van der Waals surface area contributed by atoms with Crippen molar-refractivity contribution in [2.75, 3.05) is 0 Å². The molecule has 1 aromatic carbocycles. The van der Waals surface area contributed by atoms with Gasteiger partial charge in [0.05, 0.1) is 0 Å². The number of halogens is 1. The van der Waals surface area contributed by atoms with E-state index in [9.17, 15) is 4.39 Å². The highest BCUT2D eigenvalue weighted by Crippen LogP contribution is 2.28. The van der Waals surface area contributed by atoms with E-state index in [1.54, 1.807) is 19.1 Å². The molecule has 0 spiro atoms. The first-order chi connectivity index (χ1) is 8.02. The van der Waals surface area contributed by atoms with Crippen molar-refractivity contribution in [3.05, 3.63) is 35.6 Å². The molecule has 2 nitrogen and oxygen atoms in total. The van der Waals surface area contributed by atoms with Crippen LogP contribution in [0, 0.1) is 17.7 Å². The smallest absolute Gasteiger partial charge is 0.123 e. The first-order valence-electron chi connectivity index (χ1n) is 5.64. The molecule has 3 heteroatoms. The van der Waals surface area contributed by atoms with Gasteiger partial charge in [0.25, 0.3) is 0 Å². The second-order valence-electron chi connectivity index (χ2n) is 4.58. The monoisotopic (exact) mass is 234 g/mol. The molecule has 0 saturated heterocycles. The van der Waals surface area contributed by atoms with E-state index in [0.717, 1.165) is 5.56 Å². The van der Waals surface area contributed by atoms with Crippen LogP contribution in [0.15, 0.2) is 24.3 Å². The third kappa shape index (κ3) is 3.29. The Bertz CT molecular complexity index is 412. The van der Waals surface area contributed by atoms with Crippen molar-refractivity contribution in [3.63, 3.8) is 0 Å². The molecule has 0 aliphatic carbocycles. The molecule has 0 saturated carbocycles. The summed E-state index contributed by atoms with van der Waals surface area (Å²) in [6.45, 7) is 5.95. The van der Waals surface area contributed by atoms with Crippen LogP contribution in [-0.4, -0.2) is 6.04 Å².